The lowest BCUT2D eigenvalue weighted by Gasteiger charge is -2.23. The number of hydrogen-bond acceptors (Lipinski definition) is 5. The zero-order valence-corrected chi connectivity index (χ0v) is 10.9. The van der Waals surface area contributed by atoms with Gasteiger partial charge in [-0.1, -0.05) is 12.1 Å². The van der Waals surface area contributed by atoms with Crippen LogP contribution in [-0.4, -0.2) is 28.5 Å². The number of aliphatic hydroxyl groups is 1. The Hall–Kier alpha value is -0.940. The van der Waals surface area contributed by atoms with Gasteiger partial charge in [-0.2, -0.15) is 4.98 Å². The molecule has 5 nitrogen and oxygen atoms in total. The molecule has 1 N–H and O–H groups in total. The maximum atomic E-state index is 8.70. The Kier molecular flexibility index (Phi) is 5.58. The Morgan fingerprint density at radius 1 is 1.35 bits per heavy atom. The van der Waals surface area contributed by atoms with Gasteiger partial charge >= 0.3 is 0 Å². The van der Waals surface area contributed by atoms with Crippen LogP contribution in [0.3, 0.4) is 0 Å². The van der Waals surface area contributed by atoms with E-state index in [-0.39, 0.29) is 6.61 Å². The van der Waals surface area contributed by atoms with Crippen LogP contribution in [0.4, 0.5) is 0 Å². The molecular weight excluding hydrogens is 220 g/mol. The number of aryl methyl sites for hydroxylation is 1. The van der Waals surface area contributed by atoms with E-state index in [1.165, 1.54) is 0 Å². The minimum Gasteiger partial charge on any atom is -0.396 e. The molecule has 0 aliphatic rings. The van der Waals surface area contributed by atoms with Crippen molar-refractivity contribution in [2.45, 2.75) is 52.1 Å². The van der Waals surface area contributed by atoms with Crippen molar-refractivity contribution in [1.82, 2.24) is 10.1 Å². The predicted molar refractivity (Wildman–Crippen MR) is 63.6 cm³/mol. The van der Waals surface area contributed by atoms with Gasteiger partial charge in [0.1, 0.15) is 5.60 Å². The van der Waals surface area contributed by atoms with E-state index >= 15 is 0 Å². The van der Waals surface area contributed by atoms with Crippen LogP contribution in [-0.2, 0) is 16.8 Å². The molecule has 0 amide bonds. The van der Waals surface area contributed by atoms with Crippen molar-refractivity contribution in [3.05, 3.63) is 11.7 Å². The second-order valence-corrected chi connectivity index (χ2v) is 4.21. The Bertz CT molecular complexity index is 327. The van der Waals surface area contributed by atoms with Gasteiger partial charge in [0.2, 0.25) is 11.7 Å². The lowest BCUT2D eigenvalue weighted by Crippen LogP contribution is -2.26. The van der Waals surface area contributed by atoms with E-state index in [0.717, 1.165) is 19.3 Å². The number of aromatic nitrogens is 2. The summed E-state index contributed by atoms with van der Waals surface area (Å²) in [5.41, 5.74) is -0.465. The topological polar surface area (TPSA) is 68.4 Å². The summed E-state index contributed by atoms with van der Waals surface area (Å²) in [6.45, 7) is 6.79. The molecule has 1 heterocycles. The van der Waals surface area contributed by atoms with Crippen LogP contribution < -0.4 is 0 Å². The SMILES string of the molecule is CCOC(C)(CC)c1noc(CCCCO)n1. The van der Waals surface area contributed by atoms with Crippen molar-refractivity contribution in [3.8, 4) is 0 Å². The van der Waals surface area contributed by atoms with Gasteiger partial charge in [0.25, 0.3) is 0 Å². The molecule has 1 atom stereocenters. The van der Waals surface area contributed by atoms with Crippen LogP contribution in [0.1, 0.15) is 51.7 Å². The third-order valence-electron chi connectivity index (χ3n) is 2.88. The van der Waals surface area contributed by atoms with E-state index < -0.39 is 5.60 Å². The van der Waals surface area contributed by atoms with Crippen LogP contribution in [0.5, 0.6) is 0 Å². The molecular formula is C12H22N2O3. The Balaban J connectivity index is 2.65. The minimum absolute atomic E-state index is 0.201. The molecule has 0 radical (unpaired) electrons. The smallest absolute Gasteiger partial charge is 0.226 e. The maximum absolute atomic E-state index is 8.70. The fraction of sp³-hybridized carbons (Fsp3) is 0.833. The van der Waals surface area contributed by atoms with E-state index in [1.807, 2.05) is 20.8 Å². The van der Waals surface area contributed by atoms with Gasteiger partial charge in [-0.15, -0.1) is 0 Å². The molecule has 0 saturated carbocycles. The Labute approximate surface area is 102 Å². The van der Waals surface area contributed by atoms with Gasteiger partial charge in [0.15, 0.2) is 0 Å². The molecule has 1 rings (SSSR count). The van der Waals surface area contributed by atoms with E-state index in [2.05, 4.69) is 10.1 Å². The zero-order valence-electron chi connectivity index (χ0n) is 10.9. The third-order valence-corrected chi connectivity index (χ3v) is 2.88. The average molecular weight is 242 g/mol. The summed E-state index contributed by atoms with van der Waals surface area (Å²) >= 11 is 0. The molecule has 0 aromatic carbocycles. The summed E-state index contributed by atoms with van der Waals surface area (Å²) in [6, 6.07) is 0. The first kappa shape index (κ1) is 14.1. The molecule has 0 saturated heterocycles. The first-order valence-corrected chi connectivity index (χ1v) is 6.24. The Morgan fingerprint density at radius 2 is 2.12 bits per heavy atom. The normalized spacial score (nSPS) is 14.8. The zero-order chi connectivity index (χ0) is 12.7. The van der Waals surface area contributed by atoms with Crippen LogP contribution in [0.25, 0.3) is 0 Å². The van der Waals surface area contributed by atoms with Crippen molar-refractivity contribution < 1.29 is 14.4 Å². The first-order valence-electron chi connectivity index (χ1n) is 6.24. The molecule has 0 aliphatic heterocycles. The highest BCUT2D eigenvalue weighted by atomic mass is 16.5. The molecule has 0 aliphatic carbocycles. The largest absolute Gasteiger partial charge is 0.396 e. The van der Waals surface area contributed by atoms with Crippen LogP contribution in [0, 0.1) is 0 Å². The average Bonchev–Trinajstić information content (AvgIpc) is 2.79. The fourth-order valence-electron chi connectivity index (χ4n) is 1.60. The number of hydrogen-bond donors (Lipinski definition) is 1. The van der Waals surface area contributed by atoms with Gasteiger partial charge in [0, 0.05) is 19.6 Å². The van der Waals surface area contributed by atoms with Crippen molar-refractivity contribution in [1.29, 1.82) is 0 Å². The highest BCUT2D eigenvalue weighted by Crippen LogP contribution is 2.26. The fourth-order valence-corrected chi connectivity index (χ4v) is 1.60. The van der Waals surface area contributed by atoms with Gasteiger partial charge < -0.3 is 14.4 Å². The molecule has 1 aromatic heterocycles. The summed E-state index contributed by atoms with van der Waals surface area (Å²) < 4.78 is 10.9. The number of unbranched alkanes of at least 4 members (excludes halogenated alkanes) is 1. The first-order chi connectivity index (χ1) is 8.16. The molecule has 0 fully saturated rings. The predicted octanol–water partition coefficient (Wildman–Crippen LogP) is 2.05. The monoisotopic (exact) mass is 242 g/mol. The third kappa shape index (κ3) is 3.78. The summed E-state index contributed by atoms with van der Waals surface area (Å²) in [4.78, 5) is 4.36. The minimum atomic E-state index is -0.465. The quantitative estimate of drug-likeness (QED) is 0.706. The van der Waals surface area contributed by atoms with Gasteiger partial charge in [-0.05, 0) is 33.1 Å². The number of ether oxygens (including phenoxy) is 1. The van der Waals surface area contributed by atoms with Crippen LogP contribution >= 0.6 is 0 Å². The summed E-state index contributed by atoms with van der Waals surface area (Å²) in [6.07, 6.45) is 3.12. The standard InChI is InChI=1S/C12H22N2O3/c1-4-12(3,16-5-2)11-13-10(17-14-11)8-6-7-9-15/h15H,4-9H2,1-3H3. The second kappa shape index (κ2) is 6.71. The van der Waals surface area contributed by atoms with E-state index in [1.54, 1.807) is 0 Å². The lowest BCUT2D eigenvalue weighted by atomic mass is 10.0. The summed E-state index contributed by atoms with van der Waals surface area (Å²) in [7, 11) is 0. The van der Waals surface area contributed by atoms with E-state index in [4.69, 9.17) is 14.4 Å². The van der Waals surface area contributed by atoms with E-state index in [0.29, 0.717) is 24.7 Å². The number of nitrogens with zero attached hydrogens (tertiary/aromatic N) is 2. The van der Waals surface area contributed by atoms with Crippen molar-refractivity contribution in [3.63, 3.8) is 0 Å². The molecule has 0 spiro atoms. The number of aliphatic hydroxyl groups excluding tert-OH is 1. The highest BCUT2D eigenvalue weighted by molar-refractivity contribution is 4.99. The number of rotatable bonds is 8. The Morgan fingerprint density at radius 3 is 2.71 bits per heavy atom. The van der Waals surface area contributed by atoms with Crippen LogP contribution in [0.15, 0.2) is 4.52 Å². The molecule has 17 heavy (non-hydrogen) atoms. The maximum Gasteiger partial charge on any atom is 0.226 e. The lowest BCUT2D eigenvalue weighted by molar-refractivity contribution is -0.0403. The molecule has 5 heteroatoms. The van der Waals surface area contributed by atoms with Crippen molar-refractivity contribution in [2.75, 3.05) is 13.2 Å². The molecule has 0 bridgehead atoms. The summed E-state index contributed by atoms with van der Waals surface area (Å²) in [5.74, 6) is 1.23. The van der Waals surface area contributed by atoms with Crippen LogP contribution in [0.2, 0.25) is 0 Å². The van der Waals surface area contributed by atoms with Gasteiger partial charge in [-0.25, -0.2) is 0 Å². The van der Waals surface area contributed by atoms with Crippen molar-refractivity contribution in [2.24, 2.45) is 0 Å². The molecule has 1 aromatic rings. The molecule has 98 valence electrons. The van der Waals surface area contributed by atoms with Crippen molar-refractivity contribution >= 4 is 0 Å². The van der Waals surface area contributed by atoms with E-state index in [9.17, 15) is 0 Å². The van der Waals surface area contributed by atoms with Gasteiger partial charge in [-0.3, -0.25) is 0 Å². The molecule has 1 unspecified atom stereocenters. The van der Waals surface area contributed by atoms with Gasteiger partial charge in [0.05, 0.1) is 0 Å². The highest BCUT2D eigenvalue weighted by Gasteiger charge is 2.30. The second-order valence-electron chi connectivity index (χ2n) is 4.21. The summed E-state index contributed by atoms with van der Waals surface area (Å²) in [5, 5.41) is 12.7.